The molecule has 2 aliphatic rings. The van der Waals surface area contributed by atoms with Crippen LogP contribution in [-0.2, 0) is 4.74 Å². The summed E-state index contributed by atoms with van der Waals surface area (Å²) in [6.07, 6.45) is 4.95. The summed E-state index contributed by atoms with van der Waals surface area (Å²) in [6, 6.07) is 2.13. The number of methoxy groups -OCH3 is 1. The Labute approximate surface area is 161 Å². The number of nitrogens with zero attached hydrogens (tertiary/aromatic N) is 4. The molecule has 1 atom stereocenters. The van der Waals surface area contributed by atoms with Crippen LogP contribution in [0.1, 0.15) is 32.6 Å². The molecule has 8 heteroatoms. The lowest BCUT2D eigenvalue weighted by Gasteiger charge is -2.32. The van der Waals surface area contributed by atoms with Crippen molar-refractivity contribution in [3.05, 3.63) is 6.07 Å². The second-order valence-corrected chi connectivity index (χ2v) is 7.58. The van der Waals surface area contributed by atoms with E-state index in [9.17, 15) is 0 Å². The smallest absolute Gasteiger partial charge is 0.232 e. The van der Waals surface area contributed by atoms with Gasteiger partial charge in [-0.2, -0.15) is 9.97 Å². The van der Waals surface area contributed by atoms with E-state index in [-0.39, 0.29) is 0 Å². The first-order valence-electron chi connectivity index (χ1n) is 9.58. The lowest BCUT2D eigenvalue weighted by molar-refractivity contribution is 0.204. The van der Waals surface area contributed by atoms with Crippen molar-refractivity contribution in [3.8, 4) is 0 Å². The molecular weight excluding hydrogens is 348 g/mol. The van der Waals surface area contributed by atoms with Gasteiger partial charge in [0, 0.05) is 45.9 Å². The molecule has 7 nitrogen and oxygen atoms in total. The highest BCUT2D eigenvalue weighted by Crippen LogP contribution is 2.27. The number of hydrogen-bond acceptors (Lipinski definition) is 6. The third-order valence-electron chi connectivity index (χ3n) is 4.93. The third kappa shape index (κ3) is 5.17. The molecule has 1 aromatic rings. The lowest BCUT2D eigenvalue weighted by atomic mass is 10.0. The second kappa shape index (κ2) is 9.32. The second-order valence-electron chi connectivity index (χ2n) is 7.17. The van der Waals surface area contributed by atoms with Crippen LogP contribution in [-0.4, -0.2) is 61.5 Å². The van der Waals surface area contributed by atoms with Crippen LogP contribution in [0.5, 0.6) is 0 Å². The Morgan fingerprint density at radius 3 is 2.58 bits per heavy atom. The topological polar surface area (TPSA) is 65.6 Å². The normalized spacial score (nSPS) is 20.3. The van der Waals surface area contributed by atoms with Gasteiger partial charge in [0.2, 0.25) is 5.95 Å². The van der Waals surface area contributed by atoms with Gasteiger partial charge in [-0.1, -0.05) is 6.92 Å². The maximum atomic E-state index is 5.36. The van der Waals surface area contributed by atoms with E-state index in [1.807, 2.05) is 0 Å². The summed E-state index contributed by atoms with van der Waals surface area (Å²) in [7, 11) is 1.67. The van der Waals surface area contributed by atoms with Crippen LogP contribution in [0.3, 0.4) is 0 Å². The van der Waals surface area contributed by atoms with Crippen LogP contribution < -0.4 is 20.4 Å². The van der Waals surface area contributed by atoms with Crippen LogP contribution >= 0.6 is 12.2 Å². The fourth-order valence-electron chi connectivity index (χ4n) is 3.56. The van der Waals surface area contributed by atoms with Gasteiger partial charge in [-0.15, -0.1) is 0 Å². The molecule has 0 amide bonds. The van der Waals surface area contributed by atoms with Crippen LogP contribution in [0, 0.1) is 5.92 Å². The van der Waals surface area contributed by atoms with Crippen molar-refractivity contribution in [2.75, 3.05) is 61.6 Å². The fraction of sp³-hybridized carbons (Fsp3) is 0.722. The molecule has 2 fully saturated rings. The van der Waals surface area contributed by atoms with Crippen molar-refractivity contribution in [1.29, 1.82) is 0 Å². The number of rotatable bonds is 6. The van der Waals surface area contributed by atoms with Crippen LogP contribution in [0.15, 0.2) is 6.07 Å². The molecule has 0 unspecified atom stereocenters. The Kier molecular flexibility index (Phi) is 6.85. The molecule has 0 saturated carbocycles. The van der Waals surface area contributed by atoms with E-state index in [1.54, 1.807) is 7.11 Å². The van der Waals surface area contributed by atoms with Gasteiger partial charge < -0.3 is 25.2 Å². The predicted octanol–water partition coefficient (Wildman–Crippen LogP) is 2.25. The summed E-state index contributed by atoms with van der Waals surface area (Å²) in [4.78, 5) is 14.2. The van der Waals surface area contributed by atoms with Gasteiger partial charge in [0.15, 0.2) is 5.11 Å². The number of hydrogen-bond donors (Lipinski definition) is 2. The van der Waals surface area contributed by atoms with Crippen molar-refractivity contribution in [2.24, 2.45) is 5.92 Å². The molecule has 0 aliphatic carbocycles. The maximum absolute atomic E-state index is 5.36. The number of aromatic nitrogens is 2. The SMILES string of the molecule is COCCNC(=S)Nc1nc(N2CCCC2)cc(N2CCC[C@H](C)C2)n1. The minimum absolute atomic E-state index is 0.526. The van der Waals surface area contributed by atoms with E-state index >= 15 is 0 Å². The Balaban J connectivity index is 1.77. The van der Waals surface area contributed by atoms with E-state index in [4.69, 9.17) is 26.9 Å². The fourth-order valence-corrected chi connectivity index (χ4v) is 3.75. The number of thiocarbonyl (C=S) groups is 1. The van der Waals surface area contributed by atoms with Crippen LogP contribution in [0.25, 0.3) is 0 Å². The van der Waals surface area contributed by atoms with Gasteiger partial charge in [0.1, 0.15) is 11.6 Å². The van der Waals surface area contributed by atoms with E-state index in [0.717, 1.165) is 37.8 Å². The van der Waals surface area contributed by atoms with Gasteiger partial charge in [-0.25, -0.2) is 0 Å². The number of anilines is 3. The summed E-state index contributed by atoms with van der Waals surface area (Å²) in [5.74, 6) is 3.25. The number of piperidine rings is 1. The zero-order chi connectivity index (χ0) is 18.4. The minimum Gasteiger partial charge on any atom is -0.383 e. The van der Waals surface area contributed by atoms with Gasteiger partial charge in [0.05, 0.1) is 6.61 Å². The summed E-state index contributed by atoms with van der Waals surface area (Å²) in [5, 5.41) is 6.79. The maximum Gasteiger partial charge on any atom is 0.232 e. The van der Waals surface area contributed by atoms with E-state index in [1.165, 1.54) is 25.7 Å². The zero-order valence-electron chi connectivity index (χ0n) is 15.8. The summed E-state index contributed by atoms with van der Waals surface area (Å²) in [6.45, 7) is 7.79. The summed E-state index contributed by atoms with van der Waals surface area (Å²) >= 11 is 5.36. The van der Waals surface area contributed by atoms with E-state index in [0.29, 0.717) is 30.1 Å². The molecule has 2 saturated heterocycles. The molecule has 0 spiro atoms. The Hall–Kier alpha value is -1.67. The predicted molar refractivity (Wildman–Crippen MR) is 110 cm³/mol. The highest BCUT2D eigenvalue weighted by atomic mass is 32.1. The Bertz CT molecular complexity index is 607. The van der Waals surface area contributed by atoms with Crippen molar-refractivity contribution in [3.63, 3.8) is 0 Å². The van der Waals surface area contributed by atoms with Gasteiger partial charge in [-0.05, 0) is 43.8 Å². The molecule has 0 radical (unpaired) electrons. The molecule has 2 N–H and O–H groups in total. The first-order valence-corrected chi connectivity index (χ1v) is 9.99. The van der Waals surface area contributed by atoms with Gasteiger partial charge >= 0.3 is 0 Å². The Morgan fingerprint density at radius 2 is 1.88 bits per heavy atom. The molecule has 0 aromatic carbocycles. The largest absolute Gasteiger partial charge is 0.383 e. The quantitative estimate of drug-likeness (QED) is 0.577. The zero-order valence-corrected chi connectivity index (χ0v) is 16.6. The first kappa shape index (κ1) is 19.1. The van der Waals surface area contributed by atoms with Gasteiger partial charge in [0.25, 0.3) is 0 Å². The molecule has 26 heavy (non-hydrogen) atoms. The van der Waals surface area contributed by atoms with Gasteiger partial charge in [-0.3, -0.25) is 0 Å². The molecular formula is C18H30N6OS. The monoisotopic (exact) mass is 378 g/mol. The molecule has 2 aliphatic heterocycles. The van der Waals surface area contributed by atoms with Crippen molar-refractivity contribution < 1.29 is 4.74 Å². The first-order chi connectivity index (χ1) is 12.7. The molecule has 3 heterocycles. The number of ether oxygens (including phenoxy) is 1. The highest BCUT2D eigenvalue weighted by molar-refractivity contribution is 7.80. The standard InChI is InChI=1S/C18H30N6OS/c1-14-6-5-10-24(13-14)16-12-15(23-8-3-4-9-23)20-17(21-16)22-18(26)19-7-11-25-2/h12,14H,3-11,13H2,1-2H3,(H2,19,20,21,22,26)/t14-/m0/s1. The summed E-state index contributed by atoms with van der Waals surface area (Å²) < 4.78 is 5.04. The minimum atomic E-state index is 0.526. The van der Waals surface area contributed by atoms with Crippen LogP contribution in [0.2, 0.25) is 0 Å². The lowest BCUT2D eigenvalue weighted by Crippen LogP contribution is -2.36. The van der Waals surface area contributed by atoms with Crippen molar-refractivity contribution in [2.45, 2.75) is 32.6 Å². The average molecular weight is 379 g/mol. The van der Waals surface area contributed by atoms with Crippen LogP contribution in [0.4, 0.5) is 17.6 Å². The summed E-state index contributed by atoms with van der Waals surface area (Å²) in [5.41, 5.74) is 0. The average Bonchev–Trinajstić information content (AvgIpc) is 3.16. The Morgan fingerprint density at radius 1 is 1.19 bits per heavy atom. The third-order valence-corrected chi connectivity index (χ3v) is 5.17. The highest BCUT2D eigenvalue weighted by Gasteiger charge is 2.21. The molecule has 144 valence electrons. The molecule has 3 rings (SSSR count). The molecule has 0 bridgehead atoms. The van der Waals surface area contributed by atoms with Crippen molar-refractivity contribution in [1.82, 2.24) is 15.3 Å². The van der Waals surface area contributed by atoms with E-state index < -0.39 is 0 Å². The van der Waals surface area contributed by atoms with E-state index in [2.05, 4.69) is 33.4 Å². The number of nitrogens with one attached hydrogen (secondary N) is 2. The van der Waals surface area contributed by atoms with Crippen molar-refractivity contribution >= 4 is 34.9 Å². The molecule has 1 aromatic heterocycles.